The number of aryl methyl sites for hydroxylation is 1. The number of hydrogen-bond acceptors (Lipinski definition) is 4. The standard InChI is InChI=1S/C25H30N4/c1-17-12-25(29-14-19-13-20(15-29)27-19)22-10-11-28(16-23(22)26-17)24-9-5-7-18-6-3-2-4-8-21(18)24/h3-4,6,8-9,12,19-20,27H,2,5,7,10-11,13-16H2,1H3. The molecule has 0 radical (unpaired) electrons. The Morgan fingerprint density at radius 3 is 2.76 bits per heavy atom. The van der Waals surface area contributed by atoms with Gasteiger partial charge in [0.15, 0.2) is 0 Å². The topological polar surface area (TPSA) is 31.4 Å². The van der Waals surface area contributed by atoms with Crippen LogP contribution in [0, 0.1) is 6.92 Å². The van der Waals surface area contributed by atoms with E-state index >= 15 is 0 Å². The van der Waals surface area contributed by atoms with Gasteiger partial charge in [0.1, 0.15) is 0 Å². The number of pyridine rings is 1. The third-order valence-corrected chi connectivity index (χ3v) is 7.14. The predicted molar refractivity (Wildman–Crippen MR) is 118 cm³/mol. The number of allylic oxidation sites excluding steroid dienone is 6. The lowest BCUT2D eigenvalue weighted by molar-refractivity contribution is 0.225. The molecule has 2 bridgehead atoms. The Kier molecular flexibility index (Phi) is 4.15. The summed E-state index contributed by atoms with van der Waals surface area (Å²) >= 11 is 0. The molecule has 4 nitrogen and oxygen atoms in total. The van der Waals surface area contributed by atoms with Crippen LogP contribution in [0.3, 0.4) is 0 Å². The van der Waals surface area contributed by atoms with Gasteiger partial charge in [0.05, 0.1) is 12.2 Å². The maximum Gasteiger partial charge on any atom is 0.0653 e. The summed E-state index contributed by atoms with van der Waals surface area (Å²) in [6.45, 7) is 6.47. The maximum atomic E-state index is 5.01. The molecule has 6 aliphatic rings. The molecule has 4 heteroatoms. The second kappa shape index (κ2) is 6.88. The molecule has 1 aromatic rings. The first-order valence-corrected chi connectivity index (χ1v) is 11.3. The van der Waals surface area contributed by atoms with Crippen molar-refractivity contribution in [2.75, 3.05) is 24.5 Å². The van der Waals surface area contributed by atoms with Crippen molar-refractivity contribution in [1.82, 2.24) is 15.2 Å². The van der Waals surface area contributed by atoms with Gasteiger partial charge in [-0.2, -0.15) is 0 Å². The lowest BCUT2D eigenvalue weighted by Crippen LogP contribution is -2.67. The van der Waals surface area contributed by atoms with Crippen LogP contribution in [0.1, 0.15) is 42.6 Å². The summed E-state index contributed by atoms with van der Waals surface area (Å²) in [6, 6.07) is 3.70. The summed E-state index contributed by atoms with van der Waals surface area (Å²) in [4.78, 5) is 10.2. The van der Waals surface area contributed by atoms with Crippen LogP contribution in [0.4, 0.5) is 5.69 Å². The van der Waals surface area contributed by atoms with Crippen LogP contribution < -0.4 is 10.2 Å². The minimum Gasteiger partial charge on any atom is -0.368 e. The summed E-state index contributed by atoms with van der Waals surface area (Å²) in [5, 5.41) is 3.67. The molecule has 0 saturated carbocycles. The van der Waals surface area contributed by atoms with Gasteiger partial charge < -0.3 is 15.1 Å². The van der Waals surface area contributed by atoms with Gasteiger partial charge in [0, 0.05) is 59.9 Å². The SMILES string of the molecule is Cc1cc(N2CC3CC(C2)N3)c2c(n1)CN(C1=CCCC3=C1C=CCC=C3)CC2. The Hall–Kier alpha value is -2.33. The van der Waals surface area contributed by atoms with Gasteiger partial charge in [-0.15, -0.1) is 0 Å². The first-order valence-electron chi connectivity index (χ1n) is 11.3. The number of hydrogen-bond donors (Lipinski definition) is 1. The number of rotatable bonds is 2. The molecular weight excluding hydrogens is 356 g/mol. The van der Waals surface area contributed by atoms with Gasteiger partial charge >= 0.3 is 0 Å². The van der Waals surface area contributed by atoms with Crippen molar-refractivity contribution in [2.24, 2.45) is 0 Å². The summed E-state index contributed by atoms with van der Waals surface area (Å²) in [6.07, 6.45) is 17.5. The molecule has 2 atom stereocenters. The number of piperidine rings is 1. The van der Waals surface area contributed by atoms with E-state index in [1.54, 1.807) is 0 Å². The molecule has 2 unspecified atom stereocenters. The molecule has 1 N–H and O–H groups in total. The van der Waals surface area contributed by atoms with Crippen LogP contribution in [0.2, 0.25) is 0 Å². The second-order valence-electron chi connectivity index (χ2n) is 9.19. The van der Waals surface area contributed by atoms with Crippen molar-refractivity contribution in [3.05, 3.63) is 70.2 Å². The highest BCUT2D eigenvalue weighted by Gasteiger charge is 2.38. The minimum absolute atomic E-state index is 0.686. The normalized spacial score (nSPS) is 27.8. The number of piperazine rings is 1. The third kappa shape index (κ3) is 3.05. The summed E-state index contributed by atoms with van der Waals surface area (Å²) < 4.78 is 0. The zero-order valence-corrected chi connectivity index (χ0v) is 17.3. The van der Waals surface area contributed by atoms with Gasteiger partial charge in [0.25, 0.3) is 0 Å². The molecule has 150 valence electrons. The first kappa shape index (κ1) is 17.5. The van der Waals surface area contributed by atoms with Crippen molar-refractivity contribution in [2.45, 2.75) is 57.7 Å². The Bertz CT molecular complexity index is 951. The van der Waals surface area contributed by atoms with Gasteiger partial charge in [0.2, 0.25) is 0 Å². The largest absolute Gasteiger partial charge is 0.368 e. The van der Waals surface area contributed by atoms with E-state index in [2.05, 4.69) is 58.5 Å². The highest BCUT2D eigenvalue weighted by molar-refractivity contribution is 5.59. The minimum atomic E-state index is 0.686. The molecule has 0 amide bonds. The molecule has 3 saturated heterocycles. The molecule has 4 aliphatic heterocycles. The molecule has 3 fully saturated rings. The first-order chi connectivity index (χ1) is 14.2. The molecule has 29 heavy (non-hydrogen) atoms. The lowest BCUT2D eigenvalue weighted by Gasteiger charge is -2.50. The zero-order valence-electron chi connectivity index (χ0n) is 17.3. The molecule has 0 spiro atoms. The van der Waals surface area contributed by atoms with E-state index in [4.69, 9.17) is 4.98 Å². The van der Waals surface area contributed by atoms with Crippen LogP contribution >= 0.6 is 0 Å². The van der Waals surface area contributed by atoms with E-state index in [1.807, 2.05) is 0 Å². The molecule has 1 aromatic heterocycles. The highest BCUT2D eigenvalue weighted by Crippen LogP contribution is 2.37. The fourth-order valence-corrected chi connectivity index (χ4v) is 5.77. The second-order valence-corrected chi connectivity index (χ2v) is 9.19. The molecule has 0 aromatic carbocycles. The number of nitrogens with one attached hydrogen (secondary N) is 1. The summed E-state index contributed by atoms with van der Waals surface area (Å²) in [5.41, 5.74) is 9.76. The van der Waals surface area contributed by atoms with Crippen molar-refractivity contribution < 1.29 is 0 Å². The van der Waals surface area contributed by atoms with Crippen LogP contribution in [-0.4, -0.2) is 41.6 Å². The fourth-order valence-electron chi connectivity index (χ4n) is 5.77. The van der Waals surface area contributed by atoms with E-state index in [0.29, 0.717) is 12.1 Å². The Labute approximate surface area is 173 Å². The summed E-state index contributed by atoms with van der Waals surface area (Å²) in [5.74, 6) is 0. The lowest BCUT2D eigenvalue weighted by atomic mass is 9.89. The number of fused-ring (bicyclic) bond motifs is 3. The Balaban J connectivity index is 1.31. The van der Waals surface area contributed by atoms with Crippen LogP contribution in [0.5, 0.6) is 0 Å². The van der Waals surface area contributed by atoms with Crippen LogP contribution in [-0.2, 0) is 13.0 Å². The Morgan fingerprint density at radius 1 is 1.07 bits per heavy atom. The van der Waals surface area contributed by atoms with Crippen molar-refractivity contribution in [3.8, 4) is 0 Å². The van der Waals surface area contributed by atoms with E-state index in [1.165, 1.54) is 40.2 Å². The quantitative estimate of drug-likeness (QED) is 0.838. The van der Waals surface area contributed by atoms with Gasteiger partial charge in [-0.05, 0) is 50.7 Å². The average Bonchev–Trinajstić information content (AvgIpc) is 2.97. The average molecular weight is 387 g/mol. The number of aromatic nitrogens is 1. The third-order valence-electron chi connectivity index (χ3n) is 7.14. The van der Waals surface area contributed by atoms with Gasteiger partial charge in [-0.1, -0.05) is 30.4 Å². The predicted octanol–water partition coefficient (Wildman–Crippen LogP) is 3.79. The van der Waals surface area contributed by atoms with Crippen LogP contribution in [0.15, 0.2) is 53.3 Å². The monoisotopic (exact) mass is 386 g/mol. The van der Waals surface area contributed by atoms with Crippen molar-refractivity contribution >= 4 is 5.69 Å². The van der Waals surface area contributed by atoms with E-state index in [-0.39, 0.29) is 0 Å². The fraction of sp³-hybridized carbons (Fsp3) is 0.480. The van der Waals surface area contributed by atoms with E-state index in [0.717, 1.165) is 57.6 Å². The number of anilines is 1. The van der Waals surface area contributed by atoms with Gasteiger partial charge in [-0.3, -0.25) is 4.98 Å². The van der Waals surface area contributed by atoms with Crippen molar-refractivity contribution in [1.29, 1.82) is 0 Å². The maximum absolute atomic E-state index is 5.01. The Morgan fingerprint density at radius 2 is 1.90 bits per heavy atom. The van der Waals surface area contributed by atoms with E-state index in [9.17, 15) is 0 Å². The van der Waals surface area contributed by atoms with E-state index < -0.39 is 0 Å². The summed E-state index contributed by atoms with van der Waals surface area (Å²) in [7, 11) is 0. The smallest absolute Gasteiger partial charge is 0.0653 e. The highest BCUT2D eigenvalue weighted by atomic mass is 15.3. The number of nitrogens with zero attached hydrogens (tertiary/aromatic N) is 3. The van der Waals surface area contributed by atoms with Crippen molar-refractivity contribution in [3.63, 3.8) is 0 Å². The van der Waals surface area contributed by atoms with Crippen LogP contribution in [0.25, 0.3) is 0 Å². The molecule has 2 aliphatic carbocycles. The van der Waals surface area contributed by atoms with Gasteiger partial charge in [-0.25, -0.2) is 0 Å². The molecular formula is C25H30N4. The molecule has 5 heterocycles. The zero-order chi connectivity index (χ0) is 19.4. The molecule has 7 rings (SSSR count).